The average molecular weight is 282 g/mol. The molecular weight excluding hydrogens is 252 g/mol. The van der Waals surface area contributed by atoms with Gasteiger partial charge in [-0.3, -0.25) is 9.59 Å². The third-order valence-electron chi connectivity index (χ3n) is 4.31. The second-order valence-electron chi connectivity index (χ2n) is 6.98. The van der Waals surface area contributed by atoms with Gasteiger partial charge in [-0.1, -0.05) is 41.5 Å². The van der Waals surface area contributed by atoms with Crippen molar-refractivity contribution in [3.8, 4) is 0 Å². The summed E-state index contributed by atoms with van der Waals surface area (Å²) in [6.07, 6.45) is 0.415. The molecule has 0 spiro atoms. The van der Waals surface area contributed by atoms with Crippen LogP contribution in [0.3, 0.4) is 0 Å². The molecule has 116 valence electrons. The van der Waals surface area contributed by atoms with Gasteiger partial charge in [0.25, 0.3) is 0 Å². The summed E-state index contributed by atoms with van der Waals surface area (Å²) in [4.78, 5) is 26.3. The Hall–Kier alpha value is -1.06. The summed E-state index contributed by atoms with van der Waals surface area (Å²) in [5.41, 5.74) is 0. The molecule has 0 aromatic carbocycles. The number of rotatable bonds is 5. The predicted molar refractivity (Wildman–Crippen MR) is 81.1 cm³/mol. The molecule has 0 bridgehead atoms. The largest absolute Gasteiger partial charge is 0.344 e. The number of nitrogens with one attached hydrogen (secondary N) is 1. The van der Waals surface area contributed by atoms with Crippen molar-refractivity contribution < 1.29 is 9.59 Å². The molecule has 0 aromatic rings. The van der Waals surface area contributed by atoms with Gasteiger partial charge in [-0.25, -0.2) is 0 Å². The van der Waals surface area contributed by atoms with E-state index in [4.69, 9.17) is 0 Å². The molecule has 0 radical (unpaired) electrons. The minimum atomic E-state index is -0.370. The number of amides is 2. The average Bonchev–Trinajstić information content (AvgIpc) is 2.46. The van der Waals surface area contributed by atoms with E-state index in [1.165, 1.54) is 0 Å². The van der Waals surface area contributed by atoms with E-state index in [1.54, 1.807) is 0 Å². The highest BCUT2D eigenvalue weighted by Crippen LogP contribution is 2.23. The fourth-order valence-electron chi connectivity index (χ4n) is 2.93. The zero-order chi connectivity index (χ0) is 15.4. The summed E-state index contributed by atoms with van der Waals surface area (Å²) in [6, 6.07) is -0.370. The Kier molecular flexibility index (Phi) is 6.03. The van der Waals surface area contributed by atoms with Crippen LogP contribution < -0.4 is 5.32 Å². The van der Waals surface area contributed by atoms with Crippen LogP contribution in [-0.4, -0.2) is 35.8 Å². The molecule has 0 saturated carbocycles. The maximum absolute atomic E-state index is 12.6. The summed E-state index contributed by atoms with van der Waals surface area (Å²) in [5.74, 6) is 1.74. The van der Waals surface area contributed by atoms with Gasteiger partial charge in [-0.15, -0.1) is 0 Å². The fourth-order valence-corrected chi connectivity index (χ4v) is 2.93. The highest BCUT2D eigenvalue weighted by Gasteiger charge is 2.33. The molecule has 0 aliphatic carbocycles. The van der Waals surface area contributed by atoms with Gasteiger partial charge in [-0.05, 0) is 23.7 Å². The number of carbonyl (C=O) groups is 2. The Morgan fingerprint density at radius 3 is 2.10 bits per heavy atom. The first kappa shape index (κ1) is 17.0. The Bertz CT molecular complexity index is 342. The molecule has 1 heterocycles. The minimum Gasteiger partial charge on any atom is -0.344 e. The quantitative estimate of drug-likeness (QED) is 0.841. The van der Waals surface area contributed by atoms with Crippen LogP contribution in [0.2, 0.25) is 0 Å². The van der Waals surface area contributed by atoms with Gasteiger partial charge in [0.2, 0.25) is 11.8 Å². The molecule has 1 fully saturated rings. The number of hydrogen-bond acceptors (Lipinski definition) is 2. The first-order valence-electron chi connectivity index (χ1n) is 7.82. The van der Waals surface area contributed by atoms with Crippen LogP contribution in [0, 0.1) is 23.7 Å². The van der Waals surface area contributed by atoms with Crippen molar-refractivity contribution >= 4 is 11.8 Å². The van der Waals surface area contributed by atoms with Crippen molar-refractivity contribution in [2.24, 2.45) is 23.7 Å². The lowest BCUT2D eigenvalue weighted by molar-refractivity contribution is -0.135. The van der Waals surface area contributed by atoms with Crippen LogP contribution in [0.15, 0.2) is 0 Å². The molecule has 1 N–H and O–H groups in total. The van der Waals surface area contributed by atoms with Gasteiger partial charge in [-0.2, -0.15) is 0 Å². The van der Waals surface area contributed by atoms with Crippen LogP contribution in [-0.2, 0) is 9.59 Å². The van der Waals surface area contributed by atoms with Crippen LogP contribution in [0.4, 0.5) is 0 Å². The molecular formula is C16H30N2O2. The molecule has 1 unspecified atom stereocenters. The van der Waals surface area contributed by atoms with Gasteiger partial charge >= 0.3 is 0 Å². The Morgan fingerprint density at radius 1 is 1.10 bits per heavy atom. The normalized spacial score (nSPS) is 21.1. The van der Waals surface area contributed by atoms with Gasteiger partial charge < -0.3 is 10.2 Å². The lowest BCUT2D eigenvalue weighted by Crippen LogP contribution is -2.49. The van der Waals surface area contributed by atoms with E-state index in [0.29, 0.717) is 30.7 Å². The van der Waals surface area contributed by atoms with E-state index >= 15 is 0 Å². The van der Waals surface area contributed by atoms with Crippen molar-refractivity contribution in [3.05, 3.63) is 0 Å². The third kappa shape index (κ3) is 4.22. The van der Waals surface area contributed by atoms with Crippen LogP contribution in [0.1, 0.15) is 48.0 Å². The topological polar surface area (TPSA) is 49.4 Å². The molecule has 1 atom stereocenters. The Morgan fingerprint density at radius 2 is 1.65 bits per heavy atom. The zero-order valence-corrected chi connectivity index (χ0v) is 13.8. The molecule has 20 heavy (non-hydrogen) atoms. The lowest BCUT2D eigenvalue weighted by atomic mass is 9.85. The smallest absolute Gasteiger partial charge is 0.245 e. The monoisotopic (exact) mass is 282 g/mol. The summed E-state index contributed by atoms with van der Waals surface area (Å²) in [7, 11) is 0. The number of nitrogens with zero attached hydrogens (tertiary/aromatic N) is 1. The lowest BCUT2D eigenvalue weighted by Gasteiger charge is -2.33. The standard InChI is InChI=1S/C16H30N2O2/c1-10(2)13(11(3)4)9-18-8-7-14(19)17-15(12(5)6)16(18)20/h10-13,15H,7-9H2,1-6H3,(H,17,19). The van der Waals surface area contributed by atoms with Gasteiger partial charge in [0.1, 0.15) is 6.04 Å². The Labute approximate surface area is 123 Å². The maximum atomic E-state index is 12.6. The first-order chi connectivity index (χ1) is 9.23. The molecule has 1 rings (SSSR count). The van der Waals surface area contributed by atoms with Gasteiger partial charge in [0.05, 0.1) is 0 Å². The van der Waals surface area contributed by atoms with E-state index in [1.807, 2.05) is 18.7 Å². The number of carbonyl (C=O) groups excluding carboxylic acids is 2. The van der Waals surface area contributed by atoms with Crippen molar-refractivity contribution in [3.63, 3.8) is 0 Å². The summed E-state index contributed by atoms with van der Waals surface area (Å²) in [5, 5.41) is 2.86. The molecule has 2 amide bonds. The van der Waals surface area contributed by atoms with E-state index in [9.17, 15) is 9.59 Å². The van der Waals surface area contributed by atoms with E-state index in [2.05, 4.69) is 33.0 Å². The van der Waals surface area contributed by atoms with E-state index < -0.39 is 0 Å². The van der Waals surface area contributed by atoms with Gasteiger partial charge in [0.15, 0.2) is 0 Å². The van der Waals surface area contributed by atoms with Crippen LogP contribution >= 0.6 is 0 Å². The highest BCUT2D eigenvalue weighted by atomic mass is 16.2. The molecule has 4 heteroatoms. The first-order valence-corrected chi connectivity index (χ1v) is 7.82. The zero-order valence-electron chi connectivity index (χ0n) is 13.8. The summed E-state index contributed by atoms with van der Waals surface area (Å²) < 4.78 is 0. The summed E-state index contributed by atoms with van der Waals surface area (Å²) in [6.45, 7) is 14.1. The molecule has 1 aliphatic rings. The molecule has 4 nitrogen and oxygen atoms in total. The van der Waals surface area contributed by atoms with Crippen molar-refractivity contribution in [2.45, 2.75) is 54.0 Å². The van der Waals surface area contributed by atoms with Crippen molar-refractivity contribution in [1.29, 1.82) is 0 Å². The van der Waals surface area contributed by atoms with E-state index in [0.717, 1.165) is 6.54 Å². The molecule has 1 aliphatic heterocycles. The second-order valence-corrected chi connectivity index (χ2v) is 6.98. The molecule has 1 saturated heterocycles. The third-order valence-corrected chi connectivity index (χ3v) is 4.31. The van der Waals surface area contributed by atoms with Crippen LogP contribution in [0.25, 0.3) is 0 Å². The molecule has 0 aromatic heterocycles. The predicted octanol–water partition coefficient (Wildman–Crippen LogP) is 2.29. The van der Waals surface area contributed by atoms with Crippen molar-refractivity contribution in [2.75, 3.05) is 13.1 Å². The maximum Gasteiger partial charge on any atom is 0.245 e. The second kappa shape index (κ2) is 7.09. The van der Waals surface area contributed by atoms with Gasteiger partial charge in [0, 0.05) is 19.5 Å². The SMILES string of the molecule is CC(C)C1NC(=O)CCN(CC(C(C)C)C(C)C)C1=O. The number of hydrogen-bond donors (Lipinski definition) is 1. The van der Waals surface area contributed by atoms with E-state index in [-0.39, 0.29) is 23.8 Å². The minimum absolute atomic E-state index is 0.00908. The highest BCUT2D eigenvalue weighted by molar-refractivity contribution is 5.90. The van der Waals surface area contributed by atoms with Crippen molar-refractivity contribution in [1.82, 2.24) is 10.2 Å². The fraction of sp³-hybridized carbons (Fsp3) is 0.875. The Balaban J connectivity index is 2.86. The van der Waals surface area contributed by atoms with Crippen LogP contribution in [0.5, 0.6) is 0 Å². The summed E-state index contributed by atoms with van der Waals surface area (Å²) >= 11 is 0.